The molecule has 1 aliphatic heterocycles. The molecule has 0 amide bonds. The van der Waals surface area contributed by atoms with Crippen molar-refractivity contribution in [1.82, 2.24) is 28.5 Å². The molecule has 0 N–H and O–H groups in total. The molecule has 1 saturated carbocycles. The van der Waals surface area contributed by atoms with Crippen LogP contribution in [0.3, 0.4) is 0 Å². The van der Waals surface area contributed by atoms with Crippen molar-refractivity contribution in [1.29, 1.82) is 0 Å². The SMILES string of the molecule is Cn1cnc(Cn2c(=O)c3c(=O)n(C)c(N4C[C@@H]5CC[C@H]4C5)cc3n(Cc3cc(F)c(F)c(Cl)c3)c2=O)n1. The molecular formula is C25H24ClF2N7O3. The van der Waals surface area contributed by atoms with Gasteiger partial charge in [0.1, 0.15) is 17.5 Å². The van der Waals surface area contributed by atoms with E-state index in [2.05, 4.69) is 15.0 Å². The summed E-state index contributed by atoms with van der Waals surface area (Å²) in [6.45, 7) is 0.267. The number of aryl methyl sites for hydroxylation is 1. The van der Waals surface area contributed by atoms with Crippen LogP contribution < -0.4 is 21.7 Å². The van der Waals surface area contributed by atoms with Crippen molar-refractivity contribution < 1.29 is 8.78 Å². The normalized spacial score (nSPS) is 18.7. The zero-order chi connectivity index (χ0) is 26.9. The summed E-state index contributed by atoms with van der Waals surface area (Å²) < 4.78 is 33.0. The summed E-state index contributed by atoms with van der Waals surface area (Å²) in [5, 5.41) is 3.52. The standard InChI is InChI=1S/C25H24ClF2N7O3/c1-31-12-29-19(30-31)11-35-24(37)21-18(34(25(35)38)10-14-6-16(26)22(28)17(27)7-14)8-20(32(2)23(21)36)33-9-13-3-4-15(33)5-13/h6-8,12-13,15H,3-5,9-11H2,1-2H3/t13-,15+/m1/s1. The van der Waals surface area contributed by atoms with Crippen molar-refractivity contribution in [3.63, 3.8) is 0 Å². The van der Waals surface area contributed by atoms with Gasteiger partial charge in [-0.15, -0.1) is 0 Å². The van der Waals surface area contributed by atoms with Gasteiger partial charge in [-0.25, -0.2) is 18.6 Å². The minimum atomic E-state index is -1.20. The lowest BCUT2D eigenvalue weighted by atomic mass is 10.1. The summed E-state index contributed by atoms with van der Waals surface area (Å²) in [7, 11) is 3.25. The van der Waals surface area contributed by atoms with Crippen molar-refractivity contribution in [2.45, 2.75) is 38.4 Å². The summed E-state index contributed by atoms with van der Waals surface area (Å²) in [5.74, 6) is -1.01. The van der Waals surface area contributed by atoms with Crippen LogP contribution in [0, 0.1) is 17.6 Å². The van der Waals surface area contributed by atoms with Crippen LogP contribution in [0.5, 0.6) is 0 Å². The monoisotopic (exact) mass is 543 g/mol. The van der Waals surface area contributed by atoms with Gasteiger partial charge in [0.2, 0.25) is 0 Å². The Morgan fingerprint density at radius 2 is 1.82 bits per heavy atom. The molecular weight excluding hydrogens is 520 g/mol. The molecule has 3 aromatic heterocycles. The van der Waals surface area contributed by atoms with Crippen LogP contribution in [-0.4, -0.2) is 41.1 Å². The molecule has 13 heteroatoms. The number of piperidine rings is 1. The van der Waals surface area contributed by atoms with Crippen LogP contribution in [0.4, 0.5) is 14.6 Å². The molecule has 10 nitrogen and oxygen atoms in total. The predicted molar refractivity (Wildman–Crippen MR) is 137 cm³/mol. The van der Waals surface area contributed by atoms with Gasteiger partial charge in [-0.05, 0) is 42.9 Å². The lowest BCUT2D eigenvalue weighted by molar-refractivity contribution is 0.506. The summed E-state index contributed by atoms with van der Waals surface area (Å²) in [5.41, 5.74) is -1.75. The Kier molecular flexibility index (Phi) is 5.74. The second-order valence-electron chi connectivity index (χ2n) is 10.1. The van der Waals surface area contributed by atoms with E-state index in [1.165, 1.54) is 26.2 Å². The molecule has 2 atom stereocenters. The maximum atomic E-state index is 14.2. The molecule has 38 heavy (non-hydrogen) atoms. The number of hydrogen-bond acceptors (Lipinski definition) is 6. The maximum Gasteiger partial charge on any atom is 0.332 e. The molecule has 1 saturated heterocycles. The van der Waals surface area contributed by atoms with Gasteiger partial charge in [0.25, 0.3) is 11.1 Å². The first-order chi connectivity index (χ1) is 18.1. The second kappa shape index (κ2) is 8.90. The van der Waals surface area contributed by atoms with Crippen LogP contribution >= 0.6 is 11.6 Å². The number of rotatable bonds is 5. The fraction of sp³-hybridized carbons (Fsp3) is 0.400. The quantitative estimate of drug-likeness (QED) is 0.357. The largest absolute Gasteiger partial charge is 0.355 e. The van der Waals surface area contributed by atoms with Crippen LogP contribution in [0.1, 0.15) is 30.7 Å². The van der Waals surface area contributed by atoms with Crippen molar-refractivity contribution in [3.05, 3.63) is 83.8 Å². The second-order valence-corrected chi connectivity index (χ2v) is 10.5. The van der Waals surface area contributed by atoms with Crippen molar-refractivity contribution >= 4 is 28.3 Å². The van der Waals surface area contributed by atoms with Crippen molar-refractivity contribution in [2.24, 2.45) is 20.0 Å². The number of pyridine rings is 1. The molecule has 0 spiro atoms. The number of nitrogens with zero attached hydrogens (tertiary/aromatic N) is 7. The first kappa shape index (κ1) is 24.5. The molecule has 2 aliphatic rings. The van der Waals surface area contributed by atoms with E-state index in [1.807, 2.05) is 0 Å². The Morgan fingerprint density at radius 3 is 2.45 bits per heavy atom. The topological polar surface area (TPSA) is 100.0 Å². The Morgan fingerprint density at radius 1 is 1.03 bits per heavy atom. The summed E-state index contributed by atoms with van der Waals surface area (Å²) in [4.78, 5) is 47.2. The average Bonchev–Trinajstić information content (AvgIpc) is 3.62. The molecule has 6 rings (SSSR count). The van der Waals surface area contributed by atoms with Crippen molar-refractivity contribution in [2.75, 3.05) is 11.4 Å². The van der Waals surface area contributed by atoms with Gasteiger partial charge >= 0.3 is 5.69 Å². The molecule has 0 unspecified atom stereocenters. The van der Waals surface area contributed by atoms with Crippen LogP contribution in [0.25, 0.3) is 10.9 Å². The molecule has 2 bridgehead atoms. The van der Waals surface area contributed by atoms with Gasteiger partial charge in [0.15, 0.2) is 17.5 Å². The molecule has 2 fully saturated rings. The fourth-order valence-electron chi connectivity index (χ4n) is 5.81. The number of aromatic nitrogens is 6. The first-order valence-electron chi connectivity index (χ1n) is 12.2. The highest BCUT2D eigenvalue weighted by Crippen LogP contribution is 2.40. The Balaban J connectivity index is 1.60. The zero-order valence-corrected chi connectivity index (χ0v) is 21.5. The highest BCUT2D eigenvalue weighted by atomic mass is 35.5. The average molecular weight is 544 g/mol. The van der Waals surface area contributed by atoms with E-state index in [9.17, 15) is 23.2 Å². The molecule has 4 heterocycles. The molecule has 198 valence electrons. The lowest BCUT2D eigenvalue weighted by Gasteiger charge is -2.31. The van der Waals surface area contributed by atoms with E-state index in [4.69, 9.17) is 11.6 Å². The third kappa shape index (κ3) is 3.85. The predicted octanol–water partition coefficient (Wildman–Crippen LogP) is 2.01. The van der Waals surface area contributed by atoms with Gasteiger partial charge in [-0.3, -0.25) is 28.0 Å². The minimum absolute atomic E-state index is 0.118. The van der Waals surface area contributed by atoms with Gasteiger partial charge in [-0.2, -0.15) is 5.10 Å². The maximum absolute atomic E-state index is 14.2. The molecule has 0 radical (unpaired) electrons. The van der Waals surface area contributed by atoms with E-state index in [1.54, 1.807) is 20.2 Å². The number of halogens is 3. The Hall–Kier alpha value is -3.80. The molecule has 1 aromatic carbocycles. The number of benzene rings is 1. The van der Waals surface area contributed by atoms with Gasteiger partial charge < -0.3 is 4.90 Å². The van der Waals surface area contributed by atoms with Crippen molar-refractivity contribution in [3.8, 4) is 0 Å². The number of hydrogen-bond donors (Lipinski definition) is 0. The molecule has 1 aliphatic carbocycles. The first-order valence-corrected chi connectivity index (χ1v) is 12.6. The fourth-order valence-corrected chi connectivity index (χ4v) is 6.04. The molecule has 4 aromatic rings. The highest BCUT2D eigenvalue weighted by Gasteiger charge is 2.39. The Bertz CT molecular complexity index is 1770. The minimum Gasteiger partial charge on any atom is -0.355 e. The van der Waals surface area contributed by atoms with E-state index >= 15 is 0 Å². The van der Waals surface area contributed by atoms with Gasteiger partial charge in [0, 0.05) is 32.7 Å². The third-order valence-electron chi connectivity index (χ3n) is 7.63. The van der Waals surface area contributed by atoms with E-state index in [0.29, 0.717) is 11.7 Å². The Labute approximate surface area is 219 Å². The number of anilines is 1. The van der Waals surface area contributed by atoms with E-state index < -0.39 is 33.5 Å². The summed E-state index contributed by atoms with van der Waals surface area (Å²) in [6.07, 6.45) is 4.61. The van der Waals surface area contributed by atoms with Crippen LogP contribution in [-0.2, 0) is 27.2 Å². The lowest BCUT2D eigenvalue weighted by Crippen LogP contribution is -2.44. The number of fused-ring (bicyclic) bond motifs is 3. The van der Waals surface area contributed by atoms with Crippen LogP contribution in [0.15, 0.2) is 38.9 Å². The van der Waals surface area contributed by atoms with Gasteiger partial charge in [0.05, 0.1) is 23.6 Å². The highest BCUT2D eigenvalue weighted by molar-refractivity contribution is 6.30. The van der Waals surface area contributed by atoms with Gasteiger partial charge in [-0.1, -0.05) is 11.6 Å². The summed E-state index contributed by atoms with van der Waals surface area (Å²) >= 11 is 5.87. The van der Waals surface area contributed by atoms with E-state index in [-0.39, 0.29) is 41.4 Å². The van der Waals surface area contributed by atoms with Crippen LogP contribution in [0.2, 0.25) is 5.02 Å². The smallest absolute Gasteiger partial charge is 0.332 e. The summed E-state index contributed by atoms with van der Waals surface area (Å²) in [6, 6.07) is 4.11. The van der Waals surface area contributed by atoms with E-state index in [0.717, 1.165) is 36.4 Å². The third-order valence-corrected chi connectivity index (χ3v) is 7.91. The zero-order valence-electron chi connectivity index (χ0n) is 20.7.